The third-order valence-corrected chi connectivity index (χ3v) is 3.88. The number of methoxy groups -OCH3 is 3. The first-order valence-electron chi connectivity index (χ1n) is 8.43. The minimum Gasteiger partial charge on any atom is -0.493 e. The van der Waals surface area contributed by atoms with E-state index >= 15 is 0 Å². The standard InChI is InChI=1S/C20H22FNO6/c1-12(20(24)22-15-8-6-5-7-14(15)21)28-18(23)11-13-9-16(25-2)19(27-4)17(10-13)26-3/h5-10,12H,11H2,1-4H3,(H,22,24)/t12-/m0/s1. The summed E-state index contributed by atoms with van der Waals surface area (Å²) in [5, 5.41) is 2.38. The van der Waals surface area contributed by atoms with Crippen LogP contribution in [0.3, 0.4) is 0 Å². The van der Waals surface area contributed by atoms with Gasteiger partial charge in [-0.15, -0.1) is 0 Å². The minimum atomic E-state index is -1.10. The van der Waals surface area contributed by atoms with Gasteiger partial charge in [-0.25, -0.2) is 4.39 Å². The number of esters is 1. The van der Waals surface area contributed by atoms with Crippen LogP contribution in [0, 0.1) is 5.82 Å². The molecule has 8 heteroatoms. The van der Waals surface area contributed by atoms with E-state index < -0.39 is 23.8 Å². The lowest BCUT2D eigenvalue weighted by Gasteiger charge is -2.16. The van der Waals surface area contributed by atoms with Crippen molar-refractivity contribution in [3.05, 3.63) is 47.8 Å². The van der Waals surface area contributed by atoms with Crippen LogP contribution in [-0.2, 0) is 20.7 Å². The van der Waals surface area contributed by atoms with Crippen LogP contribution in [0.15, 0.2) is 36.4 Å². The third-order valence-electron chi connectivity index (χ3n) is 3.88. The van der Waals surface area contributed by atoms with Crippen molar-refractivity contribution in [3.63, 3.8) is 0 Å². The van der Waals surface area contributed by atoms with Crippen LogP contribution in [0.1, 0.15) is 12.5 Å². The molecule has 1 atom stereocenters. The largest absolute Gasteiger partial charge is 0.493 e. The van der Waals surface area contributed by atoms with Gasteiger partial charge in [-0.05, 0) is 36.8 Å². The number of hydrogen-bond acceptors (Lipinski definition) is 6. The molecule has 0 aromatic heterocycles. The number of halogens is 1. The Morgan fingerprint density at radius 3 is 2.18 bits per heavy atom. The predicted molar refractivity (Wildman–Crippen MR) is 100 cm³/mol. The first-order valence-corrected chi connectivity index (χ1v) is 8.43. The van der Waals surface area contributed by atoms with Crippen molar-refractivity contribution in [1.82, 2.24) is 0 Å². The molecule has 0 heterocycles. The number of anilines is 1. The summed E-state index contributed by atoms with van der Waals surface area (Å²) in [6, 6.07) is 8.96. The molecule has 0 spiro atoms. The lowest BCUT2D eigenvalue weighted by Crippen LogP contribution is -2.30. The summed E-state index contributed by atoms with van der Waals surface area (Å²) >= 11 is 0. The van der Waals surface area contributed by atoms with Gasteiger partial charge in [-0.3, -0.25) is 9.59 Å². The van der Waals surface area contributed by atoms with Crippen molar-refractivity contribution >= 4 is 17.6 Å². The molecule has 0 bridgehead atoms. The van der Waals surface area contributed by atoms with Crippen LogP contribution in [0.2, 0.25) is 0 Å². The summed E-state index contributed by atoms with van der Waals surface area (Å²) in [6.07, 6.45) is -1.22. The topological polar surface area (TPSA) is 83.1 Å². The van der Waals surface area contributed by atoms with E-state index in [0.29, 0.717) is 22.8 Å². The zero-order chi connectivity index (χ0) is 20.7. The number of benzene rings is 2. The predicted octanol–water partition coefficient (Wildman–Crippen LogP) is 2.96. The van der Waals surface area contributed by atoms with E-state index in [0.717, 1.165) is 0 Å². The van der Waals surface area contributed by atoms with Gasteiger partial charge in [0.1, 0.15) is 5.82 Å². The van der Waals surface area contributed by atoms with Crippen molar-refractivity contribution < 1.29 is 32.9 Å². The molecular formula is C20H22FNO6. The molecule has 1 N–H and O–H groups in total. The molecule has 2 aromatic carbocycles. The zero-order valence-corrected chi connectivity index (χ0v) is 16.1. The number of rotatable bonds is 8. The number of amides is 1. The molecule has 0 unspecified atom stereocenters. The van der Waals surface area contributed by atoms with Gasteiger partial charge in [0.05, 0.1) is 33.4 Å². The molecule has 0 aliphatic heterocycles. The number of carbonyl (C=O) groups is 2. The molecule has 28 heavy (non-hydrogen) atoms. The molecule has 0 saturated heterocycles. The molecular weight excluding hydrogens is 369 g/mol. The lowest BCUT2D eigenvalue weighted by molar-refractivity contribution is -0.152. The van der Waals surface area contributed by atoms with E-state index in [-0.39, 0.29) is 12.1 Å². The fourth-order valence-electron chi connectivity index (χ4n) is 2.49. The van der Waals surface area contributed by atoms with Crippen LogP contribution in [-0.4, -0.2) is 39.3 Å². The number of ether oxygens (including phenoxy) is 4. The van der Waals surface area contributed by atoms with Gasteiger partial charge in [0.15, 0.2) is 17.6 Å². The van der Waals surface area contributed by atoms with Gasteiger partial charge in [0.25, 0.3) is 5.91 Å². The van der Waals surface area contributed by atoms with E-state index in [1.807, 2.05) is 0 Å². The van der Waals surface area contributed by atoms with E-state index in [1.165, 1.54) is 46.5 Å². The summed E-state index contributed by atoms with van der Waals surface area (Å²) in [5.41, 5.74) is 0.571. The van der Waals surface area contributed by atoms with Gasteiger partial charge in [0, 0.05) is 0 Å². The Bertz CT molecular complexity index is 829. The second kappa shape index (κ2) is 9.59. The van der Waals surface area contributed by atoms with Crippen LogP contribution < -0.4 is 19.5 Å². The van der Waals surface area contributed by atoms with Crippen LogP contribution in [0.5, 0.6) is 17.2 Å². The van der Waals surface area contributed by atoms with Crippen molar-refractivity contribution in [2.75, 3.05) is 26.6 Å². The molecule has 2 rings (SSSR count). The van der Waals surface area contributed by atoms with Crippen molar-refractivity contribution in [3.8, 4) is 17.2 Å². The quantitative estimate of drug-likeness (QED) is 0.697. The molecule has 1 amide bonds. The summed E-state index contributed by atoms with van der Waals surface area (Å²) in [4.78, 5) is 24.3. The molecule has 150 valence electrons. The molecule has 0 fully saturated rings. The summed E-state index contributed by atoms with van der Waals surface area (Å²) in [6.45, 7) is 1.41. The molecule has 0 saturated carbocycles. The lowest BCUT2D eigenvalue weighted by atomic mass is 10.1. The van der Waals surface area contributed by atoms with Gasteiger partial charge >= 0.3 is 5.97 Å². The van der Waals surface area contributed by atoms with Gasteiger partial charge < -0.3 is 24.3 Å². The number of nitrogens with one attached hydrogen (secondary N) is 1. The monoisotopic (exact) mass is 391 g/mol. The Labute approximate surface area is 162 Å². The second-order valence-electron chi connectivity index (χ2n) is 5.81. The average Bonchev–Trinajstić information content (AvgIpc) is 2.68. The Morgan fingerprint density at radius 1 is 1.04 bits per heavy atom. The fraction of sp³-hybridized carbons (Fsp3) is 0.300. The third kappa shape index (κ3) is 5.12. The highest BCUT2D eigenvalue weighted by molar-refractivity contribution is 5.95. The van der Waals surface area contributed by atoms with E-state index in [4.69, 9.17) is 18.9 Å². The normalized spacial score (nSPS) is 11.3. The summed E-state index contributed by atoms with van der Waals surface area (Å²) in [5.74, 6) is -0.648. The van der Waals surface area contributed by atoms with E-state index in [1.54, 1.807) is 18.2 Å². The maximum atomic E-state index is 13.6. The van der Waals surface area contributed by atoms with Crippen LogP contribution >= 0.6 is 0 Å². The van der Waals surface area contributed by atoms with Gasteiger partial charge in [0.2, 0.25) is 5.75 Å². The van der Waals surface area contributed by atoms with E-state index in [9.17, 15) is 14.0 Å². The fourth-order valence-corrected chi connectivity index (χ4v) is 2.49. The number of hydrogen-bond donors (Lipinski definition) is 1. The highest BCUT2D eigenvalue weighted by Gasteiger charge is 2.21. The molecule has 0 aliphatic rings. The van der Waals surface area contributed by atoms with Crippen LogP contribution in [0.25, 0.3) is 0 Å². The number of para-hydroxylation sites is 1. The second-order valence-corrected chi connectivity index (χ2v) is 5.81. The van der Waals surface area contributed by atoms with Crippen molar-refractivity contribution in [2.24, 2.45) is 0 Å². The molecule has 0 radical (unpaired) electrons. The molecule has 0 aliphatic carbocycles. The minimum absolute atomic E-state index is 0.0139. The summed E-state index contributed by atoms with van der Waals surface area (Å²) in [7, 11) is 4.41. The SMILES string of the molecule is COc1cc(CC(=O)O[C@@H](C)C(=O)Nc2ccccc2F)cc(OC)c1OC. The highest BCUT2D eigenvalue weighted by atomic mass is 19.1. The number of carbonyl (C=O) groups excluding carboxylic acids is 2. The van der Waals surface area contributed by atoms with Gasteiger partial charge in [-0.2, -0.15) is 0 Å². The van der Waals surface area contributed by atoms with Crippen molar-refractivity contribution in [1.29, 1.82) is 0 Å². The zero-order valence-electron chi connectivity index (χ0n) is 16.1. The van der Waals surface area contributed by atoms with Gasteiger partial charge in [-0.1, -0.05) is 12.1 Å². The average molecular weight is 391 g/mol. The maximum Gasteiger partial charge on any atom is 0.311 e. The van der Waals surface area contributed by atoms with E-state index in [2.05, 4.69) is 5.32 Å². The summed E-state index contributed by atoms with van der Waals surface area (Å²) < 4.78 is 34.5. The molecule has 2 aromatic rings. The Balaban J connectivity index is 2.03. The Hall–Kier alpha value is -3.29. The van der Waals surface area contributed by atoms with Crippen LogP contribution in [0.4, 0.5) is 10.1 Å². The van der Waals surface area contributed by atoms with Crippen molar-refractivity contribution in [2.45, 2.75) is 19.4 Å². The Morgan fingerprint density at radius 2 is 1.64 bits per heavy atom. The maximum absolute atomic E-state index is 13.6. The Kier molecular flexibility index (Phi) is 7.20. The first-order chi connectivity index (χ1) is 13.4. The highest BCUT2D eigenvalue weighted by Crippen LogP contribution is 2.38. The molecule has 7 nitrogen and oxygen atoms in total. The first kappa shape index (κ1) is 21.0. The smallest absolute Gasteiger partial charge is 0.311 e.